The summed E-state index contributed by atoms with van der Waals surface area (Å²) >= 11 is 12.6. The zero-order valence-corrected chi connectivity index (χ0v) is 24.7. The fourth-order valence-electron chi connectivity index (χ4n) is 6.22. The van der Waals surface area contributed by atoms with E-state index in [2.05, 4.69) is 4.90 Å². The molecule has 2 fully saturated rings. The number of anilines is 1. The molecule has 8 nitrogen and oxygen atoms in total. The summed E-state index contributed by atoms with van der Waals surface area (Å²) < 4.78 is 5.84. The largest absolute Gasteiger partial charge is 0.490 e. The number of benzene rings is 2. The van der Waals surface area contributed by atoms with Gasteiger partial charge in [-0.1, -0.05) is 29.3 Å². The molecule has 5 rings (SSSR count). The zero-order valence-electron chi connectivity index (χ0n) is 23.2. The Labute approximate surface area is 245 Å². The summed E-state index contributed by atoms with van der Waals surface area (Å²) in [6.45, 7) is 5.21. The highest BCUT2D eigenvalue weighted by Gasteiger charge is 2.39. The first-order valence-electron chi connectivity index (χ1n) is 13.9. The maximum atomic E-state index is 13.8. The molecule has 0 spiro atoms. The third-order valence-electron chi connectivity index (χ3n) is 8.67. The number of halogens is 2. The van der Waals surface area contributed by atoms with Gasteiger partial charge in [-0.3, -0.25) is 14.4 Å². The van der Waals surface area contributed by atoms with Crippen LogP contribution in [0.3, 0.4) is 0 Å². The van der Waals surface area contributed by atoms with Crippen LogP contribution < -0.4 is 9.64 Å². The van der Waals surface area contributed by atoms with Gasteiger partial charge in [-0.15, -0.1) is 0 Å². The first kappa shape index (κ1) is 28.6. The Morgan fingerprint density at radius 3 is 2.35 bits per heavy atom. The highest BCUT2D eigenvalue weighted by Crippen LogP contribution is 2.37. The van der Waals surface area contributed by atoms with Gasteiger partial charge in [0.15, 0.2) is 0 Å². The Bertz CT molecular complexity index is 1300. The summed E-state index contributed by atoms with van der Waals surface area (Å²) in [6, 6.07) is 11.0. The monoisotopic (exact) mass is 586 g/mol. The lowest BCUT2D eigenvalue weighted by molar-refractivity contribution is -0.141. The molecule has 214 valence electrons. The number of rotatable bonds is 4. The van der Waals surface area contributed by atoms with Crippen molar-refractivity contribution >= 4 is 46.6 Å². The molecule has 0 unspecified atom stereocenters. The number of fused-ring (bicyclic) bond motifs is 1. The van der Waals surface area contributed by atoms with Crippen LogP contribution in [-0.4, -0.2) is 91.9 Å². The average molecular weight is 588 g/mol. The molecule has 2 aromatic rings. The molecule has 0 radical (unpaired) electrons. The van der Waals surface area contributed by atoms with Crippen LogP contribution in [0.1, 0.15) is 48.0 Å². The van der Waals surface area contributed by atoms with E-state index in [0.29, 0.717) is 73.4 Å². The van der Waals surface area contributed by atoms with Crippen molar-refractivity contribution in [1.82, 2.24) is 14.7 Å². The minimum Gasteiger partial charge on any atom is -0.490 e. The minimum atomic E-state index is -0.145. The molecule has 3 aliphatic heterocycles. The van der Waals surface area contributed by atoms with E-state index < -0.39 is 0 Å². The van der Waals surface area contributed by atoms with E-state index in [1.165, 1.54) is 0 Å². The molecular formula is C30H36Cl2N4O4. The number of hydrogen-bond donors (Lipinski definition) is 0. The van der Waals surface area contributed by atoms with Crippen LogP contribution in [0, 0.1) is 5.92 Å². The van der Waals surface area contributed by atoms with Gasteiger partial charge in [-0.05, 0) is 55.2 Å². The van der Waals surface area contributed by atoms with Gasteiger partial charge >= 0.3 is 0 Å². The molecule has 2 aromatic carbocycles. The van der Waals surface area contributed by atoms with Crippen LogP contribution >= 0.6 is 23.2 Å². The van der Waals surface area contributed by atoms with Crippen molar-refractivity contribution in [3.8, 4) is 5.75 Å². The number of carbonyl (C=O) groups is 3. The lowest BCUT2D eigenvalue weighted by atomic mass is 9.83. The second-order valence-corrected chi connectivity index (χ2v) is 11.9. The fraction of sp³-hybridized carbons (Fsp3) is 0.500. The van der Waals surface area contributed by atoms with Crippen LogP contribution in [0.5, 0.6) is 5.75 Å². The molecule has 2 atom stereocenters. The summed E-state index contributed by atoms with van der Waals surface area (Å²) in [5.74, 6) is 0.554. The number of piperidine rings is 2. The molecule has 2 saturated heterocycles. The first-order chi connectivity index (χ1) is 19.1. The number of ether oxygens (including phenoxy) is 1. The van der Waals surface area contributed by atoms with Crippen LogP contribution in [0.25, 0.3) is 0 Å². The Morgan fingerprint density at radius 2 is 1.65 bits per heavy atom. The summed E-state index contributed by atoms with van der Waals surface area (Å²) in [7, 11) is 3.84. The van der Waals surface area contributed by atoms with Crippen molar-refractivity contribution in [3.05, 3.63) is 57.6 Å². The molecule has 0 N–H and O–H groups in total. The van der Waals surface area contributed by atoms with Crippen LogP contribution in [-0.2, 0) is 9.59 Å². The minimum absolute atomic E-state index is 0.0524. The van der Waals surface area contributed by atoms with E-state index in [4.69, 9.17) is 27.9 Å². The molecule has 3 heterocycles. The first-order valence-corrected chi connectivity index (χ1v) is 14.6. The van der Waals surface area contributed by atoms with Crippen LogP contribution in [0.2, 0.25) is 10.0 Å². The van der Waals surface area contributed by atoms with Gasteiger partial charge in [0.05, 0.1) is 22.3 Å². The number of hydrogen-bond acceptors (Lipinski definition) is 5. The normalized spacial score (nSPS) is 21.5. The van der Waals surface area contributed by atoms with E-state index in [1.807, 2.05) is 49.3 Å². The van der Waals surface area contributed by atoms with E-state index >= 15 is 0 Å². The highest BCUT2D eigenvalue weighted by atomic mass is 35.5. The summed E-state index contributed by atoms with van der Waals surface area (Å²) in [4.78, 5) is 46.7. The second-order valence-electron chi connectivity index (χ2n) is 11.1. The molecular weight excluding hydrogens is 551 g/mol. The smallest absolute Gasteiger partial charge is 0.254 e. The van der Waals surface area contributed by atoms with Gasteiger partial charge in [0, 0.05) is 70.6 Å². The Balaban J connectivity index is 1.37. The average Bonchev–Trinajstić information content (AvgIpc) is 2.97. The third-order valence-corrected chi connectivity index (χ3v) is 9.41. The molecule has 0 aliphatic carbocycles. The van der Waals surface area contributed by atoms with E-state index in [1.54, 1.807) is 22.8 Å². The number of nitrogens with zero attached hydrogens (tertiary/aromatic N) is 4. The lowest BCUT2D eigenvalue weighted by Gasteiger charge is -2.44. The maximum Gasteiger partial charge on any atom is 0.254 e. The molecule has 0 bridgehead atoms. The van der Waals surface area contributed by atoms with E-state index in [0.717, 1.165) is 17.8 Å². The summed E-state index contributed by atoms with van der Waals surface area (Å²) in [6.07, 6.45) is 1.98. The summed E-state index contributed by atoms with van der Waals surface area (Å²) in [5.41, 5.74) is 2.48. The Morgan fingerprint density at radius 1 is 0.925 bits per heavy atom. The van der Waals surface area contributed by atoms with E-state index in [-0.39, 0.29) is 35.6 Å². The van der Waals surface area contributed by atoms with E-state index in [9.17, 15) is 14.4 Å². The van der Waals surface area contributed by atoms with Gasteiger partial charge in [-0.2, -0.15) is 0 Å². The molecule has 0 aromatic heterocycles. The highest BCUT2D eigenvalue weighted by molar-refractivity contribution is 6.42. The maximum absolute atomic E-state index is 13.8. The topological polar surface area (TPSA) is 73.4 Å². The SMILES string of the molecule is CC(=O)N1CCC(C(=O)N2CC[C@@H](N(C)C(=O)c3ccc4c(c3)OCCN4C)[C@H](c3ccc(Cl)c(Cl)c3)C2)CC1. The molecule has 10 heteroatoms. The van der Waals surface area contributed by atoms with Crippen molar-refractivity contribution in [2.24, 2.45) is 5.92 Å². The zero-order chi connectivity index (χ0) is 28.6. The number of likely N-dealkylation sites (N-methyl/N-ethyl adjacent to an activating group) is 2. The summed E-state index contributed by atoms with van der Waals surface area (Å²) in [5, 5.41) is 0.911. The molecule has 40 heavy (non-hydrogen) atoms. The number of amides is 3. The van der Waals surface area contributed by atoms with Gasteiger partial charge in [-0.25, -0.2) is 0 Å². The van der Waals surface area contributed by atoms with Gasteiger partial charge in [0.25, 0.3) is 5.91 Å². The van der Waals surface area contributed by atoms with Gasteiger partial charge in [0.2, 0.25) is 11.8 Å². The predicted octanol–water partition coefficient (Wildman–Crippen LogP) is 4.54. The number of likely N-dealkylation sites (tertiary alicyclic amines) is 2. The van der Waals surface area contributed by atoms with Crippen molar-refractivity contribution in [3.63, 3.8) is 0 Å². The molecule has 3 aliphatic rings. The van der Waals surface area contributed by atoms with Gasteiger partial charge < -0.3 is 24.3 Å². The fourth-order valence-corrected chi connectivity index (χ4v) is 6.53. The van der Waals surface area contributed by atoms with Crippen molar-refractivity contribution < 1.29 is 19.1 Å². The van der Waals surface area contributed by atoms with Crippen molar-refractivity contribution in [2.45, 2.75) is 38.1 Å². The molecule has 3 amide bonds. The molecule has 0 saturated carbocycles. The predicted molar refractivity (Wildman–Crippen MR) is 156 cm³/mol. The third kappa shape index (κ3) is 5.75. The van der Waals surface area contributed by atoms with Gasteiger partial charge in [0.1, 0.15) is 12.4 Å². The van der Waals surface area contributed by atoms with Crippen molar-refractivity contribution in [1.29, 1.82) is 0 Å². The Kier molecular flexibility index (Phi) is 8.47. The van der Waals surface area contributed by atoms with Crippen molar-refractivity contribution in [2.75, 3.05) is 58.3 Å². The van der Waals surface area contributed by atoms with Crippen LogP contribution in [0.4, 0.5) is 5.69 Å². The standard InChI is InChI=1S/C30H36Cl2N4O4/c1-19(37)35-11-8-20(9-12-35)30(39)36-13-10-26(23(18-36)21-4-6-24(31)25(32)16-21)34(3)29(38)22-5-7-27-28(17-22)40-15-14-33(27)2/h4-7,16-17,20,23,26H,8-15,18H2,1-3H3/t23-,26+/m0/s1. The second kappa shape index (κ2) is 11.9. The quantitative estimate of drug-likeness (QED) is 0.526. The number of carbonyl (C=O) groups excluding carboxylic acids is 3. The lowest BCUT2D eigenvalue weighted by Crippen LogP contribution is -2.53. The van der Waals surface area contributed by atoms with Crippen LogP contribution in [0.15, 0.2) is 36.4 Å². The Hall–Kier alpha value is -2.97.